The van der Waals surface area contributed by atoms with Crippen LogP contribution in [0.25, 0.3) is 11.0 Å². The molecule has 4 rings (SSSR count). The maximum absolute atomic E-state index is 13.0. The number of carbonyl (C=O) groups excluding carboxylic acids is 1. The summed E-state index contributed by atoms with van der Waals surface area (Å²) < 4.78 is 3.07. The molecule has 138 valence electrons. The number of hydrogen-bond acceptors (Lipinski definition) is 3. The lowest BCUT2D eigenvalue weighted by molar-refractivity contribution is -0.151. The zero-order chi connectivity index (χ0) is 18.4. The molecule has 7 heteroatoms. The Labute approximate surface area is 150 Å². The van der Waals surface area contributed by atoms with Crippen molar-refractivity contribution in [1.82, 2.24) is 14.0 Å². The van der Waals surface area contributed by atoms with E-state index in [1.54, 1.807) is 11.6 Å². The smallest absolute Gasteiger partial charge is 0.329 e. The molecule has 0 radical (unpaired) electrons. The number of amides is 1. The van der Waals surface area contributed by atoms with Crippen LogP contribution in [0.3, 0.4) is 0 Å². The summed E-state index contributed by atoms with van der Waals surface area (Å²) in [6, 6.07) is 7.42. The highest BCUT2D eigenvalue weighted by atomic mass is 16.4. The molecule has 7 nitrogen and oxygen atoms in total. The Balaban J connectivity index is 1.61. The Hall–Kier alpha value is -2.57. The summed E-state index contributed by atoms with van der Waals surface area (Å²) in [7, 11) is 1.71. The normalized spacial score (nSPS) is 25.4. The quantitative estimate of drug-likeness (QED) is 0.901. The number of benzene rings is 1. The van der Waals surface area contributed by atoms with Gasteiger partial charge in [-0.2, -0.15) is 0 Å². The molecular formula is C19H23N3O4. The minimum absolute atomic E-state index is 0.00114. The third-order valence-electron chi connectivity index (χ3n) is 6.11. The third kappa shape index (κ3) is 2.53. The van der Waals surface area contributed by atoms with Gasteiger partial charge in [-0.05, 0) is 37.3 Å². The highest BCUT2D eigenvalue weighted by Crippen LogP contribution is 2.40. The lowest BCUT2D eigenvalue weighted by Gasteiger charge is -2.41. The van der Waals surface area contributed by atoms with Crippen LogP contribution < -0.4 is 5.69 Å². The van der Waals surface area contributed by atoms with E-state index in [0.717, 1.165) is 30.3 Å². The summed E-state index contributed by atoms with van der Waals surface area (Å²) in [5.41, 5.74) is 1.34. The average molecular weight is 357 g/mol. The Kier molecular flexibility index (Phi) is 4.09. The fraction of sp³-hybridized carbons (Fsp3) is 0.526. The summed E-state index contributed by atoms with van der Waals surface area (Å²) in [5.74, 6) is -1.16. The molecule has 1 N–H and O–H groups in total. The fourth-order valence-electron chi connectivity index (χ4n) is 4.84. The highest BCUT2D eigenvalue weighted by molar-refractivity contribution is 5.81. The summed E-state index contributed by atoms with van der Waals surface area (Å²) in [5, 5.41) is 9.45. The number of rotatable bonds is 3. The maximum atomic E-state index is 13.0. The van der Waals surface area contributed by atoms with E-state index in [1.807, 2.05) is 29.2 Å². The number of carboxylic acids is 1. The molecule has 3 unspecified atom stereocenters. The molecule has 1 saturated heterocycles. The molecule has 1 aromatic heterocycles. The van der Waals surface area contributed by atoms with E-state index in [4.69, 9.17) is 0 Å². The van der Waals surface area contributed by atoms with Gasteiger partial charge in [-0.3, -0.25) is 18.7 Å². The van der Waals surface area contributed by atoms with E-state index < -0.39 is 5.97 Å². The van der Waals surface area contributed by atoms with Crippen LogP contribution in [0.15, 0.2) is 29.1 Å². The first-order valence-electron chi connectivity index (χ1n) is 9.15. The molecule has 1 aliphatic heterocycles. The second-order valence-corrected chi connectivity index (χ2v) is 7.40. The monoisotopic (exact) mass is 357 g/mol. The van der Waals surface area contributed by atoms with Gasteiger partial charge in [0.1, 0.15) is 6.54 Å². The van der Waals surface area contributed by atoms with Crippen LogP contribution in [0.1, 0.15) is 25.7 Å². The number of imidazole rings is 1. The van der Waals surface area contributed by atoms with Gasteiger partial charge in [0.15, 0.2) is 0 Å². The van der Waals surface area contributed by atoms with Crippen LogP contribution >= 0.6 is 0 Å². The van der Waals surface area contributed by atoms with Crippen molar-refractivity contribution in [3.05, 3.63) is 34.7 Å². The van der Waals surface area contributed by atoms with Gasteiger partial charge in [0.25, 0.3) is 0 Å². The van der Waals surface area contributed by atoms with Crippen LogP contribution in [0.4, 0.5) is 0 Å². The van der Waals surface area contributed by atoms with Crippen molar-refractivity contribution >= 4 is 22.9 Å². The topological polar surface area (TPSA) is 84.5 Å². The van der Waals surface area contributed by atoms with Crippen molar-refractivity contribution in [2.45, 2.75) is 38.3 Å². The number of carbonyl (C=O) groups is 2. The predicted octanol–water partition coefficient (Wildman–Crippen LogP) is 1.44. The van der Waals surface area contributed by atoms with Crippen LogP contribution in [0.5, 0.6) is 0 Å². The summed E-state index contributed by atoms with van der Waals surface area (Å²) in [4.78, 5) is 38.9. The fourth-order valence-corrected chi connectivity index (χ4v) is 4.84. The molecule has 1 amide bonds. The SMILES string of the molecule is Cn1c(=O)n(CC(=O)N2CCC(C(=O)O)C3CCCC32)c2ccccc21. The van der Waals surface area contributed by atoms with Crippen molar-refractivity contribution in [2.24, 2.45) is 18.9 Å². The summed E-state index contributed by atoms with van der Waals surface area (Å²) >= 11 is 0. The van der Waals surface area contributed by atoms with Gasteiger partial charge in [0, 0.05) is 19.6 Å². The van der Waals surface area contributed by atoms with E-state index >= 15 is 0 Å². The number of nitrogens with zero attached hydrogens (tertiary/aromatic N) is 3. The van der Waals surface area contributed by atoms with Crippen molar-refractivity contribution in [1.29, 1.82) is 0 Å². The van der Waals surface area contributed by atoms with Gasteiger partial charge >= 0.3 is 11.7 Å². The maximum Gasteiger partial charge on any atom is 0.329 e. The number of piperidine rings is 1. The molecule has 3 atom stereocenters. The zero-order valence-electron chi connectivity index (χ0n) is 14.8. The largest absolute Gasteiger partial charge is 0.481 e. The van der Waals surface area contributed by atoms with Gasteiger partial charge in [-0.15, -0.1) is 0 Å². The van der Waals surface area contributed by atoms with Gasteiger partial charge < -0.3 is 10.0 Å². The summed E-state index contributed by atoms with van der Waals surface area (Å²) in [6.45, 7) is 0.456. The van der Waals surface area contributed by atoms with E-state index in [9.17, 15) is 19.5 Å². The van der Waals surface area contributed by atoms with Crippen LogP contribution in [-0.4, -0.2) is 43.6 Å². The first kappa shape index (κ1) is 16.9. The highest BCUT2D eigenvalue weighted by Gasteiger charge is 2.45. The van der Waals surface area contributed by atoms with Crippen molar-refractivity contribution in [3.63, 3.8) is 0 Å². The Bertz CT molecular complexity index is 928. The molecule has 2 heterocycles. The van der Waals surface area contributed by atoms with E-state index in [1.165, 1.54) is 4.57 Å². The molecule has 0 spiro atoms. The third-order valence-corrected chi connectivity index (χ3v) is 6.11. The minimum Gasteiger partial charge on any atom is -0.481 e. The standard InChI is InChI=1S/C19H23N3O4/c1-20-15-6-2-3-7-16(15)22(19(20)26)11-17(23)21-10-9-13(18(24)25)12-5-4-8-14(12)21/h2-3,6-7,12-14H,4-5,8-11H2,1H3,(H,24,25). The van der Waals surface area contributed by atoms with Crippen molar-refractivity contribution in [2.75, 3.05) is 6.54 Å². The first-order valence-corrected chi connectivity index (χ1v) is 9.15. The van der Waals surface area contributed by atoms with Crippen molar-refractivity contribution in [3.8, 4) is 0 Å². The van der Waals surface area contributed by atoms with E-state index in [0.29, 0.717) is 13.0 Å². The molecule has 26 heavy (non-hydrogen) atoms. The number of carboxylic acid groups (broad SMARTS) is 1. The minimum atomic E-state index is -0.751. The molecular weight excluding hydrogens is 334 g/mol. The molecule has 2 aromatic rings. The molecule has 1 saturated carbocycles. The molecule has 1 aromatic carbocycles. The number of aryl methyl sites for hydroxylation is 1. The number of hydrogen-bond donors (Lipinski definition) is 1. The molecule has 2 aliphatic rings. The van der Waals surface area contributed by atoms with Gasteiger partial charge in [-0.1, -0.05) is 18.6 Å². The van der Waals surface area contributed by atoms with Crippen LogP contribution in [0, 0.1) is 11.8 Å². The predicted molar refractivity (Wildman–Crippen MR) is 95.8 cm³/mol. The average Bonchev–Trinajstić information content (AvgIpc) is 3.21. The number of fused-ring (bicyclic) bond motifs is 2. The second-order valence-electron chi connectivity index (χ2n) is 7.40. The number of para-hydroxylation sites is 2. The van der Waals surface area contributed by atoms with Gasteiger partial charge in [0.05, 0.1) is 17.0 Å². The Morgan fingerprint density at radius 1 is 1.15 bits per heavy atom. The Morgan fingerprint density at radius 3 is 2.62 bits per heavy atom. The lowest BCUT2D eigenvalue weighted by Crippen LogP contribution is -2.52. The zero-order valence-corrected chi connectivity index (χ0v) is 14.8. The van der Waals surface area contributed by atoms with E-state index in [2.05, 4.69) is 0 Å². The molecule has 0 bridgehead atoms. The van der Waals surface area contributed by atoms with Crippen LogP contribution in [0.2, 0.25) is 0 Å². The first-order chi connectivity index (χ1) is 12.5. The number of aliphatic carboxylic acids is 1. The van der Waals surface area contributed by atoms with Crippen LogP contribution in [-0.2, 0) is 23.2 Å². The molecule has 2 fully saturated rings. The number of likely N-dealkylation sites (tertiary alicyclic amines) is 1. The van der Waals surface area contributed by atoms with E-state index in [-0.39, 0.29) is 36.0 Å². The number of aromatic nitrogens is 2. The Morgan fingerprint density at radius 2 is 1.88 bits per heavy atom. The second kappa shape index (κ2) is 6.30. The molecule has 1 aliphatic carbocycles. The van der Waals surface area contributed by atoms with Gasteiger partial charge in [0.2, 0.25) is 5.91 Å². The lowest BCUT2D eigenvalue weighted by atomic mass is 9.81. The summed E-state index contributed by atoms with van der Waals surface area (Å²) in [6.07, 6.45) is 3.16. The van der Waals surface area contributed by atoms with Gasteiger partial charge in [-0.25, -0.2) is 4.79 Å². The van der Waals surface area contributed by atoms with Crippen molar-refractivity contribution < 1.29 is 14.7 Å².